The van der Waals surface area contributed by atoms with Gasteiger partial charge in [-0.15, -0.1) is 12.4 Å². The van der Waals surface area contributed by atoms with Gasteiger partial charge < -0.3 is 14.6 Å². The minimum Gasteiger partial charge on any atom is -0.493 e. The first-order valence-electron chi connectivity index (χ1n) is 9.30. The molecular weight excluding hydrogens is 378 g/mol. The summed E-state index contributed by atoms with van der Waals surface area (Å²) in [5.41, 5.74) is 4.18. The Kier molecular flexibility index (Phi) is 5.94. The molecule has 1 heterocycles. The van der Waals surface area contributed by atoms with Crippen molar-refractivity contribution in [1.82, 2.24) is 0 Å². The van der Waals surface area contributed by atoms with Gasteiger partial charge in [0.05, 0.1) is 31.5 Å². The second-order valence-corrected chi connectivity index (χ2v) is 7.12. The molecule has 1 fully saturated rings. The van der Waals surface area contributed by atoms with Crippen LogP contribution in [0.1, 0.15) is 58.6 Å². The number of fused-ring (bicyclic) bond motifs is 3. The highest BCUT2D eigenvalue weighted by Gasteiger charge is 2.34. The molecule has 0 saturated heterocycles. The minimum absolute atomic E-state index is 0. The van der Waals surface area contributed by atoms with Crippen LogP contribution < -0.4 is 9.47 Å². The standard InChI is InChI=1S/C22H23NO4.ClH/c1-26-19-11-16-15-8-3-4-9-18(15)23-21(17(16)12-20(19)27-2)13-6-5-7-14(10-13)22(24)25;/h5-7,10-12,15,18H,3-4,8-9H2,1-2H3,(H,24,25);1H/t15-,18-;/m1./s1. The van der Waals surface area contributed by atoms with Crippen molar-refractivity contribution in [2.75, 3.05) is 14.2 Å². The van der Waals surface area contributed by atoms with E-state index in [9.17, 15) is 9.90 Å². The number of aromatic carboxylic acids is 1. The summed E-state index contributed by atoms with van der Waals surface area (Å²) < 4.78 is 11.0. The number of methoxy groups -OCH3 is 2. The van der Waals surface area contributed by atoms with Gasteiger partial charge in [0.25, 0.3) is 0 Å². The van der Waals surface area contributed by atoms with Crippen molar-refractivity contribution in [1.29, 1.82) is 0 Å². The van der Waals surface area contributed by atoms with Crippen molar-refractivity contribution in [3.63, 3.8) is 0 Å². The van der Waals surface area contributed by atoms with Gasteiger partial charge in [0.1, 0.15) is 0 Å². The molecule has 2 aromatic rings. The van der Waals surface area contributed by atoms with E-state index in [1.165, 1.54) is 18.4 Å². The summed E-state index contributed by atoms with van der Waals surface area (Å²) in [5, 5.41) is 9.36. The van der Waals surface area contributed by atoms with Crippen molar-refractivity contribution in [2.45, 2.75) is 37.6 Å². The highest BCUT2D eigenvalue weighted by molar-refractivity contribution is 6.15. The zero-order chi connectivity index (χ0) is 19.0. The summed E-state index contributed by atoms with van der Waals surface area (Å²) in [6.45, 7) is 0. The van der Waals surface area contributed by atoms with E-state index in [4.69, 9.17) is 14.5 Å². The summed E-state index contributed by atoms with van der Waals surface area (Å²) in [6.07, 6.45) is 4.55. The molecular formula is C22H24ClNO4. The molecule has 1 aliphatic carbocycles. The molecule has 0 aromatic heterocycles. The first-order chi connectivity index (χ1) is 13.1. The van der Waals surface area contributed by atoms with Crippen LogP contribution in [0.15, 0.2) is 41.4 Å². The summed E-state index contributed by atoms with van der Waals surface area (Å²) in [4.78, 5) is 16.5. The lowest BCUT2D eigenvalue weighted by atomic mass is 9.75. The van der Waals surface area contributed by atoms with Gasteiger partial charge >= 0.3 is 5.97 Å². The normalized spacial score (nSPS) is 20.1. The zero-order valence-electron chi connectivity index (χ0n) is 16.0. The molecule has 2 aromatic carbocycles. The van der Waals surface area contributed by atoms with Crippen LogP contribution in [-0.4, -0.2) is 37.0 Å². The van der Waals surface area contributed by atoms with Crippen LogP contribution in [0.3, 0.4) is 0 Å². The van der Waals surface area contributed by atoms with Gasteiger partial charge in [-0.05, 0) is 42.7 Å². The second-order valence-electron chi connectivity index (χ2n) is 7.12. The second kappa shape index (κ2) is 8.23. The van der Waals surface area contributed by atoms with Gasteiger partial charge in [-0.3, -0.25) is 4.99 Å². The number of hydrogen-bond acceptors (Lipinski definition) is 4. The minimum atomic E-state index is -0.934. The molecule has 4 rings (SSSR count). The number of rotatable bonds is 4. The lowest BCUT2D eigenvalue weighted by Gasteiger charge is -2.35. The summed E-state index contributed by atoms with van der Waals surface area (Å²) in [7, 11) is 3.27. The lowest BCUT2D eigenvalue weighted by molar-refractivity contribution is 0.0697. The molecule has 0 amide bonds. The SMILES string of the molecule is COc1cc2c(cc1OC)[C@H]1CCCC[C@H]1N=C2c1cccc(C(=O)O)c1.Cl. The number of halogens is 1. The fraction of sp³-hybridized carbons (Fsp3) is 0.364. The predicted octanol–water partition coefficient (Wildman–Crippen LogP) is 4.70. The van der Waals surface area contributed by atoms with E-state index >= 15 is 0 Å². The van der Waals surface area contributed by atoms with Crippen molar-refractivity contribution < 1.29 is 19.4 Å². The topological polar surface area (TPSA) is 68.1 Å². The molecule has 148 valence electrons. The van der Waals surface area contributed by atoms with Crippen LogP contribution in [0, 0.1) is 0 Å². The summed E-state index contributed by atoms with van der Waals surface area (Å²) in [6, 6.07) is 11.3. The molecule has 0 spiro atoms. The van der Waals surface area contributed by atoms with Gasteiger partial charge in [-0.2, -0.15) is 0 Å². The van der Waals surface area contributed by atoms with E-state index in [2.05, 4.69) is 6.07 Å². The maximum absolute atomic E-state index is 11.4. The average molecular weight is 402 g/mol. The molecule has 1 N–H and O–H groups in total. The van der Waals surface area contributed by atoms with Crippen LogP contribution in [0.2, 0.25) is 0 Å². The van der Waals surface area contributed by atoms with Crippen LogP contribution in [0.4, 0.5) is 0 Å². The molecule has 1 aliphatic heterocycles. The molecule has 0 bridgehead atoms. The van der Waals surface area contributed by atoms with Gasteiger partial charge in [-0.25, -0.2) is 4.79 Å². The van der Waals surface area contributed by atoms with Crippen molar-refractivity contribution >= 4 is 24.1 Å². The maximum atomic E-state index is 11.4. The Morgan fingerprint density at radius 1 is 1.07 bits per heavy atom. The van der Waals surface area contributed by atoms with E-state index in [0.29, 0.717) is 11.7 Å². The molecule has 1 saturated carbocycles. The Balaban J connectivity index is 0.00000225. The maximum Gasteiger partial charge on any atom is 0.335 e. The van der Waals surface area contributed by atoms with Crippen molar-refractivity contribution in [2.24, 2.45) is 4.99 Å². The lowest BCUT2D eigenvalue weighted by Crippen LogP contribution is -2.29. The number of benzene rings is 2. The van der Waals surface area contributed by atoms with E-state index in [0.717, 1.165) is 35.4 Å². The molecule has 2 atom stereocenters. The largest absolute Gasteiger partial charge is 0.493 e. The Hall–Kier alpha value is -2.53. The van der Waals surface area contributed by atoms with Crippen molar-refractivity contribution in [3.8, 4) is 11.5 Å². The average Bonchev–Trinajstić information content (AvgIpc) is 2.72. The predicted molar refractivity (Wildman–Crippen MR) is 111 cm³/mol. The van der Waals surface area contributed by atoms with Gasteiger partial charge in [0.2, 0.25) is 0 Å². The Labute approximate surface area is 170 Å². The fourth-order valence-corrected chi connectivity index (χ4v) is 4.30. The number of carboxylic acid groups (broad SMARTS) is 1. The molecule has 2 aliphatic rings. The number of nitrogens with zero attached hydrogens (tertiary/aromatic N) is 1. The molecule has 0 radical (unpaired) electrons. The quantitative estimate of drug-likeness (QED) is 0.806. The molecule has 5 nitrogen and oxygen atoms in total. The van der Waals surface area contributed by atoms with E-state index in [1.807, 2.05) is 12.1 Å². The van der Waals surface area contributed by atoms with Crippen LogP contribution in [0.25, 0.3) is 0 Å². The fourth-order valence-electron chi connectivity index (χ4n) is 4.30. The molecule has 0 unspecified atom stereocenters. The number of carbonyl (C=O) groups is 1. The number of aliphatic imine (C=N–C) groups is 1. The molecule has 6 heteroatoms. The van der Waals surface area contributed by atoms with Crippen molar-refractivity contribution in [3.05, 3.63) is 58.7 Å². The van der Waals surface area contributed by atoms with Gasteiger partial charge in [0.15, 0.2) is 11.5 Å². The third-order valence-electron chi connectivity index (χ3n) is 5.62. The smallest absolute Gasteiger partial charge is 0.335 e. The van der Waals surface area contributed by atoms with Crippen LogP contribution >= 0.6 is 12.4 Å². The Morgan fingerprint density at radius 3 is 2.50 bits per heavy atom. The highest BCUT2D eigenvalue weighted by Crippen LogP contribution is 2.44. The van der Waals surface area contributed by atoms with E-state index in [-0.39, 0.29) is 24.0 Å². The Bertz CT molecular complexity index is 925. The van der Waals surface area contributed by atoms with Gasteiger partial charge in [-0.1, -0.05) is 25.0 Å². The third-order valence-corrected chi connectivity index (χ3v) is 5.62. The Morgan fingerprint density at radius 2 is 1.79 bits per heavy atom. The first kappa shape index (κ1) is 20.2. The van der Waals surface area contributed by atoms with Crippen LogP contribution in [-0.2, 0) is 0 Å². The number of ether oxygens (including phenoxy) is 2. The summed E-state index contributed by atoms with van der Waals surface area (Å²) >= 11 is 0. The highest BCUT2D eigenvalue weighted by atomic mass is 35.5. The first-order valence-corrected chi connectivity index (χ1v) is 9.30. The monoisotopic (exact) mass is 401 g/mol. The molecule has 28 heavy (non-hydrogen) atoms. The number of hydrogen-bond donors (Lipinski definition) is 1. The van der Waals surface area contributed by atoms with Crippen LogP contribution in [0.5, 0.6) is 11.5 Å². The van der Waals surface area contributed by atoms with E-state index in [1.54, 1.807) is 32.4 Å². The van der Waals surface area contributed by atoms with Gasteiger partial charge in [0, 0.05) is 17.0 Å². The number of carboxylic acids is 1. The third kappa shape index (κ3) is 3.47. The summed E-state index contributed by atoms with van der Waals surface area (Å²) in [5.74, 6) is 0.824. The van der Waals surface area contributed by atoms with E-state index < -0.39 is 5.97 Å². The zero-order valence-corrected chi connectivity index (χ0v) is 16.8.